The van der Waals surface area contributed by atoms with Crippen LogP contribution >= 0.6 is 0 Å². The van der Waals surface area contributed by atoms with Crippen LogP contribution in [0.5, 0.6) is 0 Å². The molecule has 0 heterocycles. The number of rotatable bonds is 6. The molecule has 0 aliphatic heterocycles. The van der Waals surface area contributed by atoms with Gasteiger partial charge in [-0.3, -0.25) is 0 Å². The summed E-state index contributed by atoms with van der Waals surface area (Å²) in [5.74, 6) is 0. The summed E-state index contributed by atoms with van der Waals surface area (Å²) in [6.07, 6.45) is 0. The van der Waals surface area contributed by atoms with E-state index >= 15 is 0 Å². The summed E-state index contributed by atoms with van der Waals surface area (Å²) >= 11 is 0. The first-order chi connectivity index (χ1) is 22.9. The largest absolute Gasteiger partial charge is 0.321 e. The van der Waals surface area contributed by atoms with Gasteiger partial charge in [0.1, 0.15) is 13.1 Å². The van der Waals surface area contributed by atoms with Crippen LogP contribution in [0.3, 0.4) is 0 Å². The lowest BCUT2D eigenvalue weighted by Gasteiger charge is -2.33. The third-order valence-electron chi connectivity index (χ3n) is 10.0. The zero-order valence-electron chi connectivity index (χ0n) is 27.7. The molecule has 228 valence electrons. The van der Waals surface area contributed by atoms with Gasteiger partial charge >= 0.3 is 0 Å². The monoisotopic (exact) mass is 606 g/mol. The topological polar surface area (TPSA) is 0 Å². The molecule has 0 atom stereocenters. The quantitative estimate of drug-likeness (QED) is 0.165. The van der Waals surface area contributed by atoms with Crippen molar-refractivity contribution in [1.29, 1.82) is 0 Å². The second-order valence-corrected chi connectivity index (χ2v) is 13.9. The van der Waals surface area contributed by atoms with E-state index in [1.807, 2.05) is 0 Å². The second-order valence-electron chi connectivity index (χ2n) is 13.9. The lowest BCUT2D eigenvalue weighted by atomic mass is 9.86. The first-order valence-corrected chi connectivity index (χ1v) is 16.7. The highest BCUT2D eigenvalue weighted by Gasteiger charge is 2.25. The molecule has 0 aliphatic rings. The molecule has 1 nitrogen and oxygen atoms in total. The molecule has 0 unspecified atom stereocenters. The van der Waals surface area contributed by atoms with E-state index in [2.05, 4.69) is 174 Å². The first kappa shape index (κ1) is 29.2. The van der Waals surface area contributed by atoms with Gasteiger partial charge in [-0.2, -0.15) is 0 Å². The average molecular weight is 607 g/mol. The molecule has 0 amide bonds. The number of nitrogens with zero attached hydrogens (tertiary/aromatic N) is 1. The van der Waals surface area contributed by atoms with E-state index in [4.69, 9.17) is 0 Å². The number of hydrogen-bond donors (Lipinski definition) is 0. The van der Waals surface area contributed by atoms with Gasteiger partial charge in [0, 0.05) is 11.1 Å². The maximum Gasteiger partial charge on any atom is 0.105 e. The van der Waals surface area contributed by atoms with E-state index in [1.54, 1.807) is 0 Å². The Labute approximate surface area is 277 Å². The highest BCUT2D eigenvalue weighted by molar-refractivity contribution is 6.09. The van der Waals surface area contributed by atoms with E-state index in [-0.39, 0.29) is 0 Å². The summed E-state index contributed by atoms with van der Waals surface area (Å²) in [7, 11) is 4.79. The number of fused-ring (bicyclic) bond motifs is 4. The molecular weight excluding hydrogens is 567 g/mol. The number of quaternary nitrogens is 1. The second kappa shape index (κ2) is 11.5. The van der Waals surface area contributed by atoms with E-state index < -0.39 is 0 Å². The fourth-order valence-electron chi connectivity index (χ4n) is 7.89. The number of hydrogen-bond acceptors (Lipinski definition) is 0. The zero-order valence-corrected chi connectivity index (χ0v) is 27.7. The molecular formula is C46H40N+. The number of benzene rings is 8. The molecule has 0 aromatic heterocycles. The Morgan fingerprint density at radius 1 is 0.340 bits per heavy atom. The van der Waals surface area contributed by atoms with Gasteiger partial charge in [0.15, 0.2) is 0 Å². The summed E-state index contributed by atoms with van der Waals surface area (Å²) in [5, 5.41) is 10.4. The van der Waals surface area contributed by atoms with Gasteiger partial charge in [0.2, 0.25) is 0 Å². The molecule has 8 aromatic carbocycles. The number of aryl methyl sites for hydroxylation is 2. The Kier molecular flexibility index (Phi) is 7.16. The molecule has 0 bridgehead atoms. The maximum absolute atomic E-state index is 2.39. The van der Waals surface area contributed by atoms with Gasteiger partial charge < -0.3 is 4.48 Å². The van der Waals surface area contributed by atoms with Gasteiger partial charge in [0.25, 0.3) is 0 Å². The summed E-state index contributed by atoms with van der Waals surface area (Å²) in [4.78, 5) is 0. The SMILES string of the molecule is Cc1ccc2ccccc2c1-c1c(C[N+](C)(C)Cc2ccc3ccccc3c2-c2c(C)ccc3ccccc23)ccc2ccccc12. The molecule has 0 N–H and O–H groups in total. The Hall–Kier alpha value is -5.24. The van der Waals surface area contributed by atoms with Gasteiger partial charge in [0.05, 0.1) is 14.1 Å². The summed E-state index contributed by atoms with van der Waals surface area (Å²) in [5.41, 5.74) is 10.8. The summed E-state index contributed by atoms with van der Waals surface area (Å²) in [6, 6.07) is 54.0. The fraction of sp³-hybridized carbons (Fsp3) is 0.130. The van der Waals surface area contributed by atoms with Crippen LogP contribution in [-0.2, 0) is 13.1 Å². The van der Waals surface area contributed by atoms with E-state index in [0.717, 1.165) is 17.6 Å². The van der Waals surface area contributed by atoms with Crippen molar-refractivity contribution in [2.75, 3.05) is 14.1 Å². The van der Waals surface area contributed by atoms with Crippen LogP contribution < -0.4 is 0 Å². The van der Waals surface area contributed by atoms with Crippen molar-refractivity contribution >= 4 is 43.1 Å². The predicted octanol–water partition coefficient (Wildman–Crippen LogP) is 12.0. The van der Waals surface area contributed by atoms with Gasteiger partial charge in [-0.05, 0) is 90.3 Å². The van der Waals surface area contributed by atoms with Crippen molar-refractivity contribution in [3.63, 3.8) is 0 Å². The standard InChI is InChI=1S/C46H40N/c1-31-21-23-33-13-5-9-17-39(33)43(31)45-37(27-25-35-15-7-11-19-41(35)45)29-47(3,4)30-38-28-26-36-16-8-12-20-42(36)46(38)44-32(2)22-24-34-14-6-10-18-40(34)44/h5-28H,29-30H2,1-4H3/q+1. The zero-order chi connectivity index (χ0) is 32.1. The maximum atomic E-state index is 2.39. The highest BCUT2D eigenvalue weighted by atomic mass is 15.3. The third-order valence-corrected chi connectivity index (χ3v) is 10.0. The molecule has 8 aromatic rings. The predicted molar refractivity (Wildman–Crippen MR) is 203 cm³/mol. The fourth-order valence-corrected chi connectivity index (χ4v) is 7.89. The van der Waals surface area contributed by atoms with Crippen molar-refractivity contribution in [3.05, 3.63) is 168 Å². The van der Waals surface area contributed by atoms with Crippen LogP contribution in [0.25, 0.3) is 65.3 Å². The van der Waals surface area contributed by atoms with Crippen LogP contribution in [0.1, 0.15) is 22.3 Å². The van der Waals surface area contributed by atoms with Crippen molar-refractivity contribution < 1.29 is 4.48 Å². The van der Waals surface area contributed by atoms with E-state index in [1.165, 1.54) is 87.6 Å². The Bertz CT molecular complexity index is 2290. The van der Waals surface area contributed by atoms with Gasteiger partial charge in [-0.25, -0.2) is 0 Å². The van der Waals surface area contributed by atoms with E-state index in [9.17, 15) is 0 Å². The van der Waals surface area contributed by atoms with Crippen molar-refractivity contribution in [1.82, 2.24) is 0 Å². The summed E-state index contributed by atoms with van der Waals surface area (Å²) in [6.45, 7) is 6.34. The van der Waals surface area contributed by atoms with Crippen molar-refractivity contribution in [2.24, 2.45) is 0 Å². The Morgan fingerprint density at radius 3 is 1.00 bits per heavy atom. The Morgan fingerprint density at radius 2 is 0.638 bits per heavy atom. The smallest absolute Gasteiger partial charge is 0.105 e. The molecule has 0 fully saturated rings. The minimum absolute atomic E-state index is 0.824. The molecule has 1 heteroatoms. The van der Waals surface area contributed by atoms with Crippen LogP contribution in [0.4, 0.5) is 0 Å². The van der Waals surface area contributed by atoms with E-state index in [0.29, 0.717) is 0 Å². The molecule has 0 spiro atoms. The van der Waals surface area contributed by atoms with Crippen molar-refractivity contribution in [3.8, 4) is 22.3 Å². The summed E-state index contributed by atoms with van der Waals surface area (Å²) < 4.78 is 0.824. The first-order valence-electron chi connectivity index (χ1n) is 16.7. The Balaban J connectivity index is 1.30. The van der Waals surface area contributed by atoms with Crippen LogP contribution in [0.2, 0.25) is 0 Å². The van der Waals surface area contributed by atoms with Crippen LogP contribution in [0, 0.1) is 13.8 Å². The lowest BCUT2D eigenvalue weighted by Crippen LogP contribution is -2.38. The molecule has 47 heavy (non-hydrogen) atoms. The normalized spacial score (nSPS) is 12.0. The van der Waals surface area contributed by atoms with Crippen LogP contribution in [-0.4, -0.2) is 18.6 Å². The average Bonchev–Trinajstić information content (AvgIpc) is 3.08. The molecule has 0 radical (unpaired) electrons. The molecule has 0 saturated heterocycles. The third kappa shape index (κ3) is 5.18. The van der Waals surface area contributed by atoms with Crippen molar-refractivity contribution in [2.45, 2.75) is 26.9 Å². The van der Waals surface area contributed by atoms with Gasteiger partial charge in [-0.1, -0.05) is 146 Å². The minimum Gasteiger partial charge on any atom is -0.321 e. The highest BCUT2D eigenvalue weighted by Crippen LogP contribution is 2.42. The lowest BCUT2D eigenvalue weighted by molar-refractivity contribution is -0.916. The molecule has 0 saturated carbocycles. The molecule has 0 aliphatic carbocycles. The van der Waals surface area contributed by atoms with Crippen LogP contribution in [0.15, 0.2) is 146 Å². The van der Waals surface area contributed by atoms with Gasteiger partial charge in [-0.15, -0.1) is 0 Å². The molecule has 8 rings (SSSR count). The minimum atomic E-state index is 0.824.